The summed E-state index contributed by atoms with van der Waals surface area (Å²) in [7, 11) is 0. The van der Waals surface area contributed by atoms with Gasteiger partial charge in [0.25, 0.3) is 0 Å². The molecule has 0 atom stereocenters. The van der Waals surface area contributed by atoms with E-state index in [0.717, 1.165) is 16.6 Å². The number of pyridine rings is 1. The second-order valence-electron chi connectivity index (χ2n) is 7.02. The number of nitrogens with one attached hydrogen (secondary N) is 2. The zero-order valence-electron chi connectivity index (χ0n) is 16.8. The Morgan fingerprint density at radius 1 is 1.06 bits per heavy atom. The number of rotatable bonds is 5. The van der Waals surface area contributed by atoms with Crippen molar-refractivity contribution in [2.24, 2.45) is 15.9 Å². The van der Waals surface area contributed by atoms with Crippen LogP contribution in [0.4, 0.5) is 21.5 Å². The van der Waals surface area contributed by atoms with Gasteiger partial charge in [0.1, 0.15) is 11.6 Å². The van der Waals surface area contributed by atoms with Crippen LogP contribution in [0.5, 0.6) is 5.75 Å². The maximum atomic E-state index is 13.9. The fourth-order valence-electron chi connectivity index (χ4n) is 3.14. The number of fused-ring (bicyclic) bond motifs is 1. The number of halogens is 1. The Kier molecular flexibility index (Phi) is 5.57. The second kappa shape index (κ2) is 8.62. The van der Waals surface area contributed by atoms with Gasteiger partial charge in [-0.3, -0.25) is 4.99 Å². The first-order valence-electron chi connectivity index (χ1n) is 9.63. The van der Waals surface area contributed by atoms with Crippen LogP contribution in [-0.2, 0) is 0 Å². The first kappa shape index (κ1) is 20.0. The number of phenolic OH excluding ortho intramolecular Hbond substituents is 1. The van der Waals surface area contributed by atoms with E-state index in [0.29, 0.717) is 28.3 Å². The van der Waals surface area contributed by atoms with E-state index in [1.165, 1.54) is 6.07 Å². The smallest absolute Gasteiger partial charge is 0.233 e. The lowest BCUT2D eigenvalue weighted by Gasteiger charge is -2.09. The van der Waals surface area contributed by atoms with Crippen molar-refractivity contribution in [1.82, 2.24) is 0 Å². The molecule has 31 heavy (non-hydrogen) atoms. The predicted molar refractivity (Wildman–Crippen MR) is 122 cm³/mol. The number of aryl methyl sites for hydroxylation is 1. The lowest BCUT2D eigenvalue weighted by molar-refractivity contribution is -0.346. The summed E-state index contributed by atoms with van der Waals surface area (Å²) in [5.74, 6) is 5.50. The number of aromatic nitrogens is 1. The molecule has 0 aliphatic rings. The van der Waals surface area contributed by atoms with Crippen LogP contribution in [0.1, 0.15) is 11.3 Å². The van der Waals surface area contributed by atoms with Gasteiger partial charge in [0.2, 0.25) is 11.2 Å². The number of H-pyrrole nitrogens is 1. The molecule has 3 aromatic carbocycles. The second-order valence-corrected chi connectivity index (χ2v) is 7.02. The first-order chi connectivity index (χ1) is 15.0. The molecule has 1 heterocycles. The quantitative estimate of drug-likeness (QED) is 0.253. The molecule has 0 aliphatic heterocycles. The number of anilines is 2. The molecule has 0 unspecified atom stereocenters. The Labute approximate surface area is 178 Å². The number of aromatic hydroxyl groups is 1. The lowest BCUT2D eigenvalue weighted by Crippen LogP contribution is -2.20. The van der Waals surface area contributed by atoms with E-state index in [1.807, 2.05) is 36.4 Å². The lowest BCUT2D eigenvalue weighted by atomic mass is 10.1. The van der Waals surface area contributed by atoms with Gasteiger partial charge in [0.15, 0.2) is 5.71 Å². The highest BCUT2D eigenvalue weighted by molar-refractivity contribution is 6.37. The Morgan fingerprint density at radius 3 is 2.61 bits per heavy atom. The molecule has 1 aromatic heterocycles. The topological polar surface area (TPSA) is 97.1 Å². The molecule has 7 heteroatoms. The summed E-state index contributed by atoms with van der Waals surface area (Å²) in [6.07, 6.45) is 1.56. The molecule has 0 saturated heterocycles. The van der Waals surface area contributed by atoms with Crippen molar-refractivity contribution in [3.63, 3.8) is 0 Å². The van der Waals surface area contributed by atoms with E-state index in [-0.39, 0.29) is 11.6 Å². The average molecular weight is 414 g/mol. The molecular formula is C24H21FN5O+. The summed E-state index contributed by atoms with van der Waals surface area (Å²) < 4.78 is 13.9. The van der Waals surface area contributed by atoms with Gasteiger partial charge in [-0.1, -0.05) is 12.1 Å². The van der Waals surface area contributed by atoms with E-state index < -0.39 is 0 Å². The summed E-state index contributed by atoms with van der Waals surface area (Å²) in [4.78, 5) is 7.66. The van der Waals surface area contributed by atoms with Crippen LogP contribution in [-0.4, -0.2) is 17.0 Å². The fraction of sp³-hybridized carbons (Fsp3) is 0.0417. The van der Waals surface area contributed by atoms with Crippen LogP contribution < -0.4 is 16.1 Å². The third-order valence-electron chi connectivity index (χ3n) is 4.84. The maximum absolute atomic E-state index is 13.9. The van der Waals surface area contributed by atoms with Crippen molar-refractivity contribution in [2.75, 3.05) is 5.32 Å². The highest BCUT2D eigenvalue weighted by atomic mass is 19.1. The number of aliphatic imine (C=N–C) groups is 1. The summed E-state index contributed by atoms with van der Waals surface area (Å²) in [6.45, 7) is 1.73. The average Bonchev–Trinajstić information content (AvgIpc) is 2.78. The number of hydrazone groups is 1. The van der Waals surface area contributed by atoms with Gasteiger partial charge in [0.05, 0.1) is 23.0 Å². The standard InChI is InChI=1S/C24H20FN5O/c1-15-5-6-17(13-20(15)25)28-21-3-2-4-22-19(21)11-12-23(29-22)24(30-26)14-27-16-7-9-18(31)10-8-16/h2-14,28,31H,26H2,1H3/p+1. The van der Waals surface area contributed by atoms with Crippen molar-refractivity contribution in [2.45, 2.75) is 6.92 Å². The monoisotopic (exact) mass is 414 g/mol. The first-order valence-corrected chi connectivity index (χ1v) is 9.63. The van der Waals surface area contributed by atoms with Crippen LogP contribution in [0.15, 0.2) is 82.9 Å². The molecule has 0 radical (unpaired) electrons. The maximum Gasteiger partial charge on any atom is 0.233 e. The number of nitrogens with two attached hydrogens (primary N) is 1. The number of phenols is 1. The number of benzene rings is 3. The van der Waals surface area contributed by atoms with Gasteiger partial charge in [-0.25, -0.2) is 9.37 Å². The Morgan fingerprint density at radius 2 is 1.87 bits per heavy atom. The van der Waals surface area contributed by atoms with Crippen molar-refractivity contribution in [3.05, 3.63) is 89.9 Å². The summed E-state index contributed by atoms with van der Waals surface area (Å²) in [6, 6.07) is 21.1. The highest BCUT2D eigenvalue weighted by Crippen LogP contribution is 2.25. The zero-order valence-corrected chi connectivity index (χ0v) is 16.8. The predicted octanol–water partition coefficient (Wildman–Crippen LogP) is 4.62. The fourth-order valence-corrected chi connectivity index (χ4v) is 3.14. The number of aromatic amines is 1. The van der Waals surface area contributed by atoms with Gasteiger partial charge in [-0.2, -0.15) is 5.10 Å². The molecule has 0 aliphatic carbocycles. The van der Waals surface area contributed by atoms with Crippen molar-refractivity contribution in [1.29, 1.82) is 0 Å². The number of nitrogens with zero attached hydrogens (tertiary/aromatic N) is 2. The van der Waals surface area contributed by atoms with Crippen LogP contribution in [0.3, 0.4) is 0 Å². The van der Waals surface area contributed by atoms with Crippen molar-refractivity contribution >= 4 is 39.9 Å². The summed E-state index contributed by atoms with van der Waals surface area (Å²) >= 11 is 0. The minimum atomic E-state index is -0.254. The van der Waals surface area contributed by atoms with Crippen LogP contribution in [0.25, 0.3) is 10.9 Å². The summed E-state index contributed by atoms with van der Waals surface area (Å²) in [5.41, 5.74) is 4.79. The highest BCUT2D eigenvalue weighted by Gasteiger charge is 2.13. The Hall–Kier alpha value is -4.26. The van der Waals surface area contributed by atoms with E-state index in [2.05, 4.69) is 20.4 Å². The molecule has 0 fully saturated rings. The largest absolute Gasteiger partial charge is 0.508 e. The number of hydrogen-bond donors (Lipinski definition) is 3. The molecule has 5 N–H and O–H groups in total. The van der Waals surface area contributed by atoms with Crippen LogP contribution in [0, 0.1) is 12.7 Å². The zero-order chi connectivity index (χ0) is 21.8. The van der Waals surface area contributed by atoms with Gasteiger partial charge in [-0.15, -0.1) is 0 Å². The van der Waals surface area contributed by atoms with E-state index in [9.17, 15) is 9.50 Å². The van der Waals surface area contributed by atoms with Crippen LogP contribution >= 0.6 is 0 Å². The van der Waals surface area contributed by atoms with Crippen molar-refractivity contribution in [3.8, 4) is 5.75 Å². The molecule has 4 aromatic rings. The molecule has 0 spiro atoms. The number of hydrogen-bond acceptors (Lipinski definition) is 5. The molecule has 6 nitrogen and oxygen atoms in total. The van der Waals surface area contributed by atoms with Gasteiger partial charge in [-0.05, 0) is 61.0 Å². The molecule has 4 rings (SSSR count). The SMILES string of the molecule is Cc1ccc(Nc2cccc3[nH+]c(C(C=Nc4ccc(O)cc4)=NN)ccc23)cc1F. The molecule has 0 saturated carbocycles. The van der Waals surface area contributed by atoms with Gasteiger partial charge >= 0.3 is 0 Å². The summed E-state index contributed by atoms with van der Waals surface area (Å²) in [5, 5.41) is 17.4. The molecule has 0 bridgehead atoms. The van der Waals surface area contributed by atoms with Crippen LogP contribution in [0.2, 0.25) is 0 Å². The molecule has 154 valence electrons. The van der Waals surface area contributed by atoms with E-state index in [4.69, 9.17) is 5.84 Å². The Bertz CT molecular complexity index is 1300. The third kappa shape index (κ3) is 4.51. The van der Waals surface area contributed by atoms with Gasteiger partial charge in [0, 0.05) is 17.8 Å². The van der Waals surface area contributed by atoms with E-state index in [1.54, 1.807) is 43.5 Å². The van der Waals surface area contributed by atoms with Gasteiger partial charge < -0.3 is 16.3 Å². The third-order valence-corrected chi connectivity index (χ3v) is 4.84. The minimum absolute atomic E-state index is 0.173. The Balaban J connectivity index is 1.63. The normalized spacial score (nSPS) is 11.9. The molecular weight excluding hydrogens is 393 g/mol. The minimum Gasteiger partial charge on any atom is -0.508 e. The molecule has 0 amide bonds. The van der Waals surface area contributed by atoms with E-state index >= 15 is 0 Å². The van der Waals surface area contributed by atoms with Crippen molar-refractivity contribution < 1.29 is 14.5 Å².